The molecule has 2 N–H and O–H groups in total. The molecule has 0 atom stereocenters. The fourth-order valence-electron chi connectivity index (χ4n) is 3.96. The maximum absolute atomic E-state index is 12.4. The first-order chi connectivity index (χ1) is 12.2. The summed E-state index contributed by atoms with van der Waals surface area (Å²) in [6.45, 7) is 0. The largest absolute Gasteiger partial charge is 0.352 e. The van der Waals surface area contributed by atoms with E-state index in [9.17, 15) is 4.79 Å². The molecule has 7 nitrogen and oxygen atoms in total. The highest BCUT2D eigenvalue weighted by atomic mass is 16.2. The lowest BCUT2D eigenvalue weighted by Crippen LogP contribution is -2.26. The van der Waals surface area contributed by atoms with Crippen molar-refractivity contribution >= 4 is 28.0 Å². The third kappa shape index (κ3) is 2.54. The van der Waals surface area contributed by atoms with Gasteiger partial charge in [-0.15, -0.1) is 0 Å². The molecule has 0 unspecified atom stereocenters. The van der Waals surface area contributed by atoms with Crippen molar-refractivity contribution in [3.05, 3.63) is 24.3 Å². The molecule has 3 aromatic rings. The fraction of sp³-hybridized carbons (Fsp3) is 0.444. The SMILES string of the molecule is CNC(=O)c1nc2cnc3[nH]ccc3c2n1[C@H]1CC[C@H](CC#N)CC1. The number of rotatable bonds is 3. The quantitative estimate of drug-likeness (QED) is 0.768. The summed E-state index contributed by atoms with van der Waals surface area (Å²) in [6.07, 6.45) is 8.12. The number of carbonyl (C=O) groups is 1. The molecule has 0 spiro atoms. The fourth-order valence-corrected chi connectivity index (χ4v) is 3.96. The average molecular weight is 336 g/mol. The van der Waals surface area contributed by atoms with Gasteiger partial charge in [0, 0.05) is 31.1 Å². The highest BCUT2D eigenvalue weighted by Crippen LogP contribution is 2.37. The van der Waals surface area contributed by atoms with E-state index >= 15 is 0 Å². The molecule has 1 aliphatic carbocycles. The van der Waals surface area contributed by atoms with Crippen LogP contribution in [0.4, 0.5) is 0 Å². The third-order valence-corrected chi connectivity index (χ3v) is 5.23. The molecular weight excluding hydrogens is 316 g/mol. The number of hydrogen-bond donors (Lipinski definition) is 2. The number of nitriles is 1. The van der Waals surface area contributed by atoms with Crippen molar-refractivity contribution in [2.75, 3.05) is 7.05 Å². The summed E-state index contributed by atoms with van der Waals surface area (Å²) >= 11 is 0. The van der Waals surface area contributed by atoms with Crippen LogP contribution in [0.1, 0.15) is 48.8 Å². The van der Waals surface area contributed by atoms with Crippen LogP contribution in [0.2, 0.25) is 0 Å². The van der Waals surface area contributed by atoms with Crippen LogP contribution in [0.3, 0.4) is 0 Å². The van der Waals surface area contributed by atoms with E-state index < -0.39 is 0 Å². The Morgan fingerprint density at radius 3 is 2.96 bits per heavy atom. The van der Waals surface area contributed by atoms with Crippen molar-refractivity contribution in [1.82, 2.24) is 24.8 Å². The summed E-state index contributed by atoms with van der Waals surface area (Å²) in [6, 6.07) is 4.48. The van der Waals surface area contributed by atoms with E-state index in [1.165, 1.54) is 0 Å². The first-order valence-electron chi connectivity index (χ1n) is 8.66. The Hall–Kier alpha value is -2.88. The molecule has 25 heavy (non-hydrogen) atoms. The number of imidazole rings is 1. The van der Waals surface area contributed by atoms with Crippen LogP contribution in [-0.2, 0) is 0 Å². The van der Waals surface area contributed by atoms with Crippen molar-refractivity contribution in [1.29, 1.82) is 5.26 Å². The van der Waals surface area contributed by atoms with Crippen molar-refractivity contribution in [3.8, 4) is 6.07 Å². The summed E-state index contributed by atoms with van der Waals surface area (Å²) in [4.78, 5) is 24.5. The summed E-state index contributed by atoms with van der Waals surface area (Å²) in [5.74, 6) is 0.726. The first-order valence-corrected chi connectivity index (χ1v) is 8.66. The maximum Gasteiger partial charge on any atom is 0.287 e. The van der Waals surface area contributed by atoms with E-state index in [-0.39, 0.29) is 11.9 Å². The second-order valence-corrected chi connectivity index (χ2v) is 6.65. The maximum atomic E-state index is 12.4. The number of hydrogen-bond acceptors (Lipinski definition) is 4. The summed E-state index contributed by atoms with van der Waals surface area (Å²) < 4.78 is 2.09. The molecule has 0 bridgehead atoms. The van der Waals surface area contributed by atoms with Gasteiger partial charge in [0.1, 0.15) is 11.2 Å². The Morgan fingerprint density at radius 1 is 1.44 bits per heavy atom. The normalized spacial score (nSPS) is 20.6. The van der Waals surface area contributed by atoms with E-state index in [0.29, 0.717) is 18.2 Å². The number of aromatic nitrogens is 4. The van der Waals surface area contributed by atoms with Gasteiger partial charge in [-0.2, -0.15) is 5.26 Å². The number of amides is 1. The Balaban J connectivity index is 1.84. The molecule has 1 saturated carbocycles. The topological polar surface area (TPSA) is 99.4 Å². The molecule has 0 saturated heterocycles. The molecule has 0 aliphatic heterocycles. The number of nitrogens with zero attached hydrogens (tertiary/aromatic N) is 4. The van der Waals surface area contributed by atoms with Gasteiger partial charge in [0.25, 0.3) is 5.91 Å². The lowest BCUT2D eigenvalue weighted by molar-refractivity contribution is 0.0944. The van der Waals surface area contributed by atoms with Crippen LogP contribution < -0.4 is 5.32 Å². The zero-order valence-electron chi connectivity index (χ0n) is 14.1. The molecule has 4 rings (SSSR count). The van der Waals surface area contributed by atoms with E-state index in [1.807, 2.05) is 12.3 Å². The van der Waals surface area contributed by atoms with Gasteiger partial charge in [0.15, 0.2) is 5.82 Å². The molecule has 1 amide bonds. The van der Waals surface area contributed by atoms with Crippen molar-refractivity contribution in [2.45, 2.75) is 38.1 Å². The second kappa shape index (κ2) is 6.20. The monoisotopic (exact) mass is 336 g/mol. The molecule has 7 heteroatoms. The van der Waals surface area contributed by atoms with Gasteiger partial charge in [-0.1, -0.05) is 0 Å². The van der Waals surface area contributed by atoms with Crippen LogP contribution in [0.5, 0.6) is 0 Å². The van der Waals surface area contributed by atoms with Gasteiger partial charge in [0.05, 0.1) is 17.8 Å². The van der Waals surface area contributed by atoms with E-state index in [1.54, 1.807) is 13.2 Å². The molecular formula is C18H20N6O. The predicted octanol–water partition coefficient (Wildman–Crippen LogP) is 2.92. The zero-order valence-corrected chi connectivity index (χ0v) is 14.1. The number of H-pyrrole nitrogens is 1. The molecule has 3 heterocycles. The Kier molecular flexibility index (Phi) is 3.88. The van der Waals surface area contributed by atoms with Gasteiger partial charge in [-0.25, -0.2) is 9.97 Å². The third-order valence-electron chi connectivity index (χ3n) is 5.23. The van der Waals surface area contributed by atoms with Crippen molar-refractivity contribution in [2.24, 2.45) is 5.92 Å². The zero-order chi connectivity index (χ0) is 17.4. The van der Waals surface area contributed by atoms with E-state index in [4.69, 9.17) is 5.26 Å². The van der Waals surface area contributed by atoms with E-state index in [0.717, 1.165) is 47.8 Å². The number of fused-ring (bicyclic) bond motifs is 3. The van der Waals surface area contributed by atoms with Crippen molar-refractivity contribution < 1.29 is 4.79 Å². The number of pyridine rings is 1. The average Bonchev–Trinajstić information content (AvgIpc) is 3.25. The van der Waals surface area contributed by atoms with Gasteiger partial charge < -0.3 is 14.9 Å². The highest BCUT2D eigenvalue weighted by Gasteiger charge is 2.28. The second-order valence-electron chi connectivity index (χ2n) is 6.65. The first kappa shape index (κ1) is 15.6. The molecule has 1 fully saturated rings. The molecule has 1 aliphatic rings. The van der Waals surface area contributed by atoms with Crippen LogP contribution in [0.25, 0.3) is 22.1 Å². The molecule has 0 radical (unpaired) electrons. The standard InChI is InChI=1S/C18H20N6O/c1-20-18(25)17-23-14-10-22-16-13(7-9-21-16)15(14)24(17)12-4-2-11(3-5-12)6-8-19/h7,9-12H,2-6H2,1H3,(H,20,25)(H,21,22)/t11-,12-. The van der Waals surface area contributed by atoms with Gasteiger partial charge in [-0.3, -0.25) is 4.79 Å². The minimum Gasteiger partial charge on any atom is -0.352 e. The van der Waals surface area contributed by atoms with Crippen LogP contribution in [0.15, 0.2) is 18.5 Å². The van der Waals surface area contributed by atoms with Crippen LogP contribution in [-0.4, -0.2) is 32.5 Å². The number of nitrogens with one attached hydrogen (secondary N) is 2. The number of carbonyl (C=O) groups excluding carboxylic acids is 1. The van der Waals surface area contributed by atoms with Gasteiger partial charge in [0.2, 0.25) is 0 Å². The minimum atomic E-state index is -0.181. The lowest BCUT2D eigenvalue weighted by Gasteiger charge is -2.29. The summed E-state index contributed by atoms with van der Waals surface area (Å²) in [5, 5.41) is 12.6. The molecule has 128 valence electrons. The smallest absolute Gasteiger partial charge is 0.287 e. The lowest BCUT2D eigenvalue weighted by atomic mass is 9.84. The van der Waals surface area contributed by atoms with Crippen LogP contribution in [0, 0.1) is 17.2 Å². The summed E-state index contributed by atoms with van der Waals surface area (Å²) in [7, 11) is 1.62. The summed E-state index contributed by atoms with van der Waals surface area (Å²) in [5.41, 5.74) is 2.51. The Morgan fingerprint density at radius 2 is 2.24 bits per heavy atom. The number of aromatic amines is 1. The highest BCUT2D eigenvalue weighted by molar-refractivity contribution is 6.04. The van der Waals surface area contributed by atoms with Gasteiger partial charge in [-0.05, 0) is 37.7 Å². The Labute approximate surface area is 145 Å². The minimum absolute atomic E-state index is 0.181. The molecule has 0 aromatic carbocycles. The van der Waals surface area contributed by atoms with E-state index in [2.05, 4.69) is 30.9 Å². The predicted molar refractivity (Wildman–Crippen MR) is 94.0 cm³/mol. The Bertz CT molecular complexity index is 971. The van der Waals surface area contributed by atoms with Crippen molar-refractivity contribution in [3.63, 3.8) is 0 Å². The van der Waals surface area contributed by atoms with Gasteiger partial charge >= 0.3 is 0 Å². The van der Waals surface area contributed by atoms with Crippen LogP contribution >= 0.6 is 0 Å². The molecule has 3 aromatic heterocycles.